The second kappa shape index (κ2) is 5.04. The maximum Gasteiger partial charge on any atom is 0.130 e. The number of hydrogen-bond acceptors (Lipinski definition) is 2. The molecule has 1 heterocycles. The van der Waals surface area contributed by atoms with Crippen molar-refractivity contribution in [3.8, 4) is 0 Å². The normalized spacial score (nSPS) is 10.2. The van der Waals surface area contributed by atoms with Gasteiger partial charge in [0.2, 0.25) is 0 Å². The maximum absolute atomic E-state index is 5.98. The molecule has 1 aromatic carbocycles. The molecule has 0 unspecified atom stereocenters. The van der Waals surface area contributed by atoms with Gasteiger partial charge < -0.3 is 5.32 Å². The monoisotopic (exact) mass is 316 g/mol. The van der Waals surface area contributed by atoms with E-state index in [1.807, 2.05) is 18.2 Å². The van der Waals surface area contributed by atoms with Crippen LogP contribution in [0.5, 0.6) is 0 Å². The summed E-state index contributed by atoms with van der Waals surface area (Å²) in [5.74, 6) is 0.715. The number of benzene rings is 1. The van der Waals surface area contributed by atoms with Gasteiger partial charge in [-0.1, -0.05) is 29.3 Å². The molecule has 0 spiro atoms. The first-order valence-corrected chi connectivity index (χ1v) is 6.04. The van der Waals surface area contributed by atoms with Gasteiger partial charge in [0.1, 0.15) is 5.82 Å². The van der Waals surface area contributed by atoms with E-state index in [2.05, 4.69) is 26.2 Å². The molecule has 0 aliphatic rings. The van der Waals surface area contributed by atoms with Crippen molar-refractivity contribution in [2.24, 2.45) is 0 Å². The van der Waals surface area contributed by atoms with E-state index in [1.165, 1.54) is 0 Å². The smallest absolute Gasteiger partial charge is 0.130 e. The van der Waals surface area contributed by atoms with Crippen molar-refractivity contribution in [3.05, 3.63) is 51.0 Å². The summed E-state index contributed by atoms with van der Waals surface area (Å²) in [6, 6.07) is 9.16. The standard InChI is InChI=1S/C11H7BrCl2N2/c12-11-8(14)2-1-3-9(11)16-10-5-4-7(13)6-15-10/h1-6H,(H,15,16). The molecule has 0 amide bonds. The number of anilines is 2. The second-order valence-electron chi connectivity index (χ2n) is 3.09. The molecular weight excluding hydrogens is 311 g/mol. The Kier molecular flexibility index (Phi) is 3.69. The summed E-state index contributed by atoms with van der Waals surface area (Å²) in [6.07, 6.45) is 1.59. The predicted octanol–water partition coefficient (Wildman–Crippen LogP) is 4.89. The first-order chi connectivity index (χ1) is 7.66. The molecule has 0 atom stereocenters. The number of aromatic nitrogens is 1. The van der Waals surface area contributed by atoms with E-state index in [-0.39, 0.29) is 0 Å². The van der Waals surface area contributed by atoms with Crippen LogP contribution < -0.4 is 5.32 Å². The number of pyridine rings is 1. The Morgan fingerprint density at radius 1 is 1.12 bits per heavy atom. The predicted molar refractivity (Wildman–Crippen MR) is 71.7 cm³/mol. The molecule has 0 fully saturated rings. The summed E-state index contributed by atoms with van der Waals surface area (Å²) in [5, 5.41) is 4.40. The average molecular weight is 318 g/mol. The Balaban J connectivity index is 2.27. The lowest BCUT2D eigenvalue weighted by molar-refractivity contribution is 1.31. The third-order valence-corrected chi connectivity index (χ3v) is 3.56. The molecule has 0 radical (unpaired) electrons. The summed E-state index contributed by atoms with van der Waals surface area (Å²) in [7, 11) is 0. The van der Waals surface area contributed by atoms with Crippen molar-refractivity contribution in [1.29, 1.82) is 0 Å². The van der Waals surface area contributed by atoms with Crippen LogP contribution in [0.15, 0.2) is 41.0 Å². The second-order valence-corrected chi connectivity index (χ2v) is 4.72. The zero-order chi connectivity index (χ0) is 11.5. The Morgan fingerprint density at radius 3 is 2.62 bits per heavy atom. The molecule has 1 aromatic heterocycles. The van der Waals surface area contributed by atoms with E-state index in [0.29, 0.717) is 15.9 Å². The highest BCUT2D eigenvalue weighted by molar-refractivity contribution is 9.10. The van der Waals surface area contributed by atoms with Crippen LogP contribution in [-0.4, -0.2) is 4.98 Å². The van der Waals surface area contributed by atoms with Gasteiger partial charge in [-0.15, -0.1) is 0 Å². The van der Waals surface area contributed by atoms with Gasteiger partial charge in [0.15, 0.2) is 0 Å². The molecule has 2 nitrogen and oxygen atoms in total. The van der Waals surface area contributed by atoms with Crippen LogP contribution in [0.4, 0.5) is 11.5 Å². The third kappa shape index (κ3) is 2.67. The minimum Gasteiger partial charge on any atom is -0.339 e. The zero-order valence-electron chi connectivity index (χ0n) is 8.05. The number of rotatable bonds is 2. The van der Waals surface area contributed by atoms with Crippen LogP contribution in [0.2, 0.25) is 10.0 Å². The van der Waals surface area contributed by atoms with E-state index in [1.54, 1.807) is 18.3 Å². The van der Waals surface area contributed by atoms with E-state index in [9.17, 15) is 0 Å². The fourth-order valence-electron chi connectivity index (χ4n) is 1.19. The highest BCUT2D eigenvalue weighted by atomic mass is 79.9. The van der Waals surface area contributed by atoms with Crippen molar-refractivity contribution in [2.45, 2.75) is 0 Å². The van der Waals surface area contributed by atoms with Crippen molar-refractivity contribution in [2.75, 3.05) is 5.32 Å². The van der Waals surface area contributed by atoms with Crippen LogP contribution in [0, 0.1) is 0 Å². The molecule has 0 aliphatic carbocycles. The van der Waals surface area contributed by atoms with Crippen LogP contribution >= 0.6 is 39.1 Å². The largest absolute Gasteiger partial charge is 0.339 e. The number of nitrogens with one attached hydrogen (secondary N) is 1. The minimum absolute atomic E-state index is 0.607. The van der Waals surface area contributed by atoms with Gasteiger partial charge in [0.25, 0.3) is 0 Å². The van der Waals surface area contributed by atoms with Gasteiger partial charge in [-0.2, -0.15) is 0 Å². The summed E-state index contributed by atoms with van der Waals surface area (Å²) in [4.78, 5) is 4.14. The third-order valence-electron chi connectivity index (χ3n) is 1.94. The molecule has 2 rings (SSSR count). The molecule has 0 aliphatic heterocycles. The number of nitrogens with zero attached hydrogens (tertiary/aromatic N) is 1. The summed E-state index contributed by atoms with van der Waals surface area (Å²) < 4.78 is 0.813. The molecule has 82 valence electrons. The quantitative estimate of drug-likeness (QED) is 0.852. The molecule has 16 heavy (non-hydrogen) atoms. The van der Waals surface area contributed by atoms with Gasteiger partial charge >= 0.3 is 0 Å². The minimum atomic E-state index is 0.607. The number of halogens is 3. The van der Waals surface area contributed by atoms with Crippen LogP contribution in [0.1, 0.15) is 0 Å². The maximum atomic E-state index is 5.98. The fraction of sp³-hybridized carbons (Fsp3) is 0. The lowest BCUT2D eigenvalue weighted by Gasteiger charge is -2.08. The van der Waals surface area contributed by atoms with Crippen molar-refractivity contribution in [3.63, 3.8) is 0 Å². The Morgan fingerprint density at radius 2 is 1.94 bits per heavy atom. The van der Waals surface area contributed by atoms with Crippen LogP contribution in [-0.2, 0) is 0 Å². The van der Waals surface area contributed by atoms with Crippen molar-refractivity contribution >= 4 is 50.6 Å². The van der Waals surface area contributed by atoms with Gasteiger partial charge in [-0.25, -0.2) is 4.98 Å². The van der Waals surface area contributed by atoms with Gasteiger partial charge in [-0.05, 0) is 40.2 Å². The lowest BCUT2D eigenvalue weighted by atomic mass is 10.3. The van der Waals surface area contributed by atoms with E-state index < -0.39 is 0 Å². The van der Waals surface area contributed by atoms with Crippen LogP contribution in [0.25, 0.3) is 0 Å². The molecule has 0 bridgehead atoms. The van der Waals surface area contributed by atoms with Crippen molar-refractivity contribution < 1.29 is 0 Å². The molecule has 0 saturated heterocycles. The van der Waals surface area contributed by atoms with E-state index in [0.717, 1.165) is 10.2 Å². The van der Waals surface area contributed by atoms with Gasteiger partial charge in [-0.3, -0.25) is 0 Å². The molecule has 5 heteroatoms. The van der Waals surface area contributed by atoms with E-state index >= 15 is 0 Å². The fourth-order valence-corrected chi connectivity index (χ4v) is 1.84. The first-order valence-electron chi connectivity index (χ1n) is 4.49. The van der Waals surface area contributed by atoms with Gasteiger partial charge in [0, 0.05) is 6.20 Å². The average Bonchev–Trinajstić information content (AvgIpc) is 2.28. The van der Waals surface area contributed by atoms with Crippen LogP contribution in [0.3, 0.4) is 0 Å². The molecule has 2 aromatic rings. The molecule has 0 saturated carbocycles. The Hall–Kier alpha value is -0.770. The van der Waals surface area contributed by atoms with E-state index in [4.69, 9.17) is 23.2 Å². The lowest BCUT2D eigenvalue weighted by Crippen LogP contribution is -1.93. The highest BCUT2D eigenvalue weighted by Gasteiger charge is 2.04. The van der Waals surface area contributed by atoms with Crippen molar-refractivity contribution in [1.82, 2.24) is 4.98 Å². The molecular formula is C11H7BrCl2N2. The SMILES string of the molecule is Clc1ccc(Nc2cccc(Cl)c2Br)nc1. The first kappa shape index (κ1) is 11.7. The highest BCUT2D eigenvalue weighted by Crippen LogP contribution is 2.31. The van der Waals surface area contributed by atoms with Gasteiger partial charge in [0.05, 0.1) is 20.2 Å². The topological polar surface area (TPSA) is 24.9 Å². The summed E-state index contributed by atoms with van der Waals surface area (Å²) in [6.45, 7) is 0. The Labute approximate surface area is 112 Å². The molecule has 1 N–H and O–H groups in total. The zero-order valence-corrected chi connectivity index (χ0v) is 11.1. The Bertz CT molecular complexity index is 500. The number of hydrogen-bond donors (Lipinski definition) is 1. The summed E-state index contributed by atoms with van der Waals surface area (Å²) in [5.41, 5.74) is 0.863. The summed E-state index contributed by atoms with van der Waals surface area (Å²) >= 11 is 15.1.